The Kier molecular flexibility index (Phi) is 6.33. The normalized spacial score (nSPS) is 19.5. The highest BCUT2D eigenvalue weighted by atomic mass is 35.5. The molecule has 0 unspecified atom stereocenters. The van der Waals surface area contributed by atoms with Crippen molar-refractivity contribution in [1.82, 2.24) is 10.2 Å². The standard InChI is InChI=1S/C16H22ClF2N3O3S/c1-16(2)10-22(6-7-26(16,23)24)15(20-3)21-9-11-8-12(17)4-5-13(11)25-14(18)19/h4-5,8,14H,6-7,9-10H2,1-3H3,(H,20,21). The molecule has 26 heavy (non-hydrogen) atoms. The van der Waals surface area contributed by atoms with Gasteiger partial charge in [-0.2, -0.15) is 8.78 Å². The third-order valence-electron chi connectivity index (χ3n) is 4.23. The van der Waals surface area contributed by atoms with Gasteiger partial charge in [-0.25, -0.2) is 8.42 Å². The Balaban J connectivity index is 2.12. The molecule has 1 aliphatic heterocycles. The minimum Gasteiger partial charge on any atom is -0.434 e. The van der Waals surface area contributed by atoms with E-state index in [-0.39, 0.29) is 24.6 Å². The SMILES string of the molecule is CN=C(NCc1cc(Cl)ccc1OC(F)F)N1CCS(=O)(=O)C(C)(C)C1. The van der Waals surface area contributed by atoms with Crippen LogP contribution in [0.5, 0.6) is 5.75 Å². The molecule has 0 amide bonds. The van der Waals surface area contributed by atoms with E-state index in [9.17, 15) is 17.2 Å². The van der Waals surface area contributed by atoms with Gasteiger partial charge in [0.15, 0.2) is 15.8 Å². The maximum atomic E-state index is 12.6. The quantitative estimate of drug-likeness (QED) is 0.611. The lowest BCUT2D eigenvalue weighted by molar-refractivity contribution is -0.0504. The second-order valence-corrected chi connectivity index (χ2v) is 9.71. The van der Waals surface area contributed by atoms with Crippen LogP contribution in [0.15, 0.2) is 23.2 Å². The van der Waals surface area contributed by atoms with Gasteiger partial charge in [0.25, 0.3) is 0 Å². The molecule has 1 aromatic carbocycles. The van der Waals surface area contributed by atoms with Gasteiger partial charge in [-0.05, 0) is 32.0 Å². The molecule has 0 saturated carbocycles. The topological polar surface area (TPSA) is 71.0 Å². The van der Waals surface area contributed by atoms with E-state index in [1.165, 1.54) is 18.2 Å². The molecule has 1 N–H and O–H groups in total. The van der Waals surface area contributed by atoms with Gasteiger partial charge in [-0.15, -0.1) is 0 Å². The van der Waals surface area contributed by atoms with E-state index >= 15 is 0 Å². The molecule has 0 spiro atoms. The molecule has 1 saturated heterocycles. The number of hydrogen-bond acceptors (Lipinski definition) is 4. The summed E-state index contributed by atoms with van der Waals surface area (Å²) >= 11 is 5.94. The molecular weight excluding hydrogens is 388 g/mol. The van der Waals surface area contributed by atoms with Crippen LogP contribution in [0.4, 0.5) is 8.78 Å². The van der Waals surface area contributed by atoms with Crippen molar-refractivity contribution in [1.29, 1.82) is 0 Å². The highest BCUT2D eigenvalue weighted by Gasteiger charge is 2.40. The van der Waals surface area contributed by atoms with E-state index in [2.05, 4.69) is 15.0 Å². The molecule has 0 aliphatic carbocycles. The Morgan fingerprint density at radius 3 is 2.73 bits per heavy atom. The Morgan fingerprint density at radius 2 is 2.15 bits per heavy atom. The van der Waals surface area contributed by atoms with E-state index in [0.29, 0.717) is 23.1 Å². The average Bonchev–Trinajstić information content (AvgIpc) is 2.53. The van der Waals surface area contributed by atoms with Crippen molar-refractivity contribution in [2.45, 2.75) is 31.8 Å². The first-order valence-electron chi connectivity index (χ1n) is 7.97. The van der Waals surface area contributed by atoms with Crippen molar-refractivity contribution in [3.05, 3.63) is 28.8 Å². The third-order valence-corrected chi connectivity index (χ3v) is 7.00. The van der Waals surface area contributed by atoms with Crippen LogP contribution in [0, 0.1) is 0 Å². The Bertz CT molecular complexity index is 785. The molecule has 1 aromatic rings. The maximum absolute atomic E-state index is 12.6. The highest BCUT2D eigenvalue weighted by molar-refractivity contribution is 7.92. The lowest BCUT2D eigenvalue weighted by Crippen LogP contribution is -2.57. The number of aliphatic imine (C=N–C) groups is 1. The van der Waals surface area contributed by atoms with Crippen LogP contribution in [-0.2, 0) is 16.4 Å². The fourth-order valence-corrected chi connectivity index (χ4v) is 4.29. The third kappa shape index (κ3) is 4.76. The number of rotatable bonds is 4. The largest absolute Gasteiger partial charge is 0.434 e. The zero-order chi connectivity index (χ0) is 19.5. The molecular formula is C16H22ClF2N3O3S. The van der Waals surface area contributed by atoms with Crippen molar-refractivity contribution in [3.63, 3.8) is 0 Å². The second kappa shape index (κ2) is 7.96. The lowest BCUT2D eigenvalue weighted by atomic mass is 10.2. The first-order chi connectivity index (χ1) is 12.1. The Labute approximate surface area is 157 Å². The van der Waals surface area contributed by atoms with Crippen molar-refractivity contribution >= 4 is 27.4 Å². The molecule has 0 radical (unpaired) electrons. The minimum absolute atomic E-state index is 0.0221. The van der Waals surface area contributed by atoms with Gasteiger partial charge in [-0.1, -0.05) is 11.6 Å². The summed E-state index contributed by atoms with van der Waals surface area (Å²) in [7, 11) is -1.60. The van der Waals surface area contributed by atoms with E-state index in [1.807, 2.05) is 4.90 Å². The van der Waals surface area contributed by atoms with E-state index in [0.717, 1.165) is 0 Å². The van der Waals surface area contributed by atoms with Gasteiger partial charge >= 0.3 is 6.61 Å². The summed E-state index contributed by atoms with van der Waals surface area (Å²) in [6.07, 6.45) is 0. The summed E-state index contributed by atoms with van der Waals surface area (Å²) in [5.74, 6) is 0.530. The van der Waals surface area contributed by atoms with Crippen LogP contribution >= 0.6 is 11.6 Å². The predicted molar refractivity (Wildman–Crippen MR) is 97.7 cm³/mol. The number of nitrogens with zero attached hydrogens (tertiary/aromatic N) is 2. The van der Waals surface area contributed by atoms with Crippen LogP contribution in [0.25, 0.3) is 0 Å². The average molecular weight is 410 g/mol. The number of alkyl halides is 2. The molecule has 1 fully saturated rings. The molecule has 0 atom stereocenters. The number of hydrogen-bond donors (Lipinski definition) is 1. The number of ether oxygens (including phenoxy) is 1. The first-order valence-corrected chi connectivity index (χ1v) is 10.00. The fraction of sp³-hybridized carbons (Fsp3) is 0.562. The first kappa shape index (κ1) is 20.7. The van der Waals surface area contributed by atoms with E-state index in [4.69, 9.17) is 11.6 Å². The maximum Gasteiger partial charge on any atom is 0.387 e. The summed E-state index contributed by atoms with van der Waals surface area (Å²) in [6, 6.07) is 4.38. The summed E-state index contributed by atoms with van der Waals surface area (Å²) in [6.45, 7) is 1.15. The van der Waals surface area contributed by atoms with Gasteiger partial charge in [0.1, 0.15) is 5.75 Å². The fourth-order valence-electron chi connectivity index (χ4n) is 2.73. The molecule has 146 valence electrons. The van der Waals surface area contributed by atoms with E-state index < -0.39 is 21.2 Å². The number of guanidine groups is 1. The van der Waals surface area contributed by atoms with Crippen molar-refractivity contribution in [2.75, 3.05) is 25.9 Å². The monoisotopic (exact) mass is 409 g/mol. The summed E-state index contributed by atoms with van der Waals surface area (Å²) in [5, 5.41) is 3.45. The van der Waals surface area contributed by atoms with Gasteiger partial charge < -0.3 is 15.0 Å². The minimum atomic E-state index is -3.17. The van der Waals surface area contributed by atoms with Gasteiger partial charge in [0, 0.05) is 37.3 Å². The van der Waals surface area contributed by atoms with Crippen molar-refractivity contribution in [2.24, 2.45) is 4.99 Å². The molecule has 10 heteroatoms. The van der Waals surface area contributed by atoms with Gasteiger partial charge in [0.2, 0.25) is 0 Å². The van der Waals surface area contributed by atoms with Crippen LogP contribution in [0.1, 0.15) is 19.4 Å². The van der Waals surface area contributed by atoms with Gasteiger partial charge in [-0.3, -0.25) is 4.99 Å². The molecule has 0 aromatic heterocycles. The Morgan fingerprint density at radius 1 is 1.46 bits per heavy atom. The van der Waals surface area contributed by atoms with Crippen LogP contribution < -0.4 is 10.1 Å². The Hall–Kier alpha value is -1.61. The molecule has 0 bridgehead atoms. The summed E-state index contributed by atoms with van der Waals surface area (Å²) < 4.78 is 53.0. The number of sulfone groups is 1. The van der Waals surface area contributed by atoms with Crippen LogP contribution in [0.3, 0.4) is 0 Å². The van der Waals surface area contributed by atoms with Crippen molar-refractivity contribution < 1.29 is 21.9 Å². The summed E-state index contributed by atoms with van der Waals surface area (Å²) in [4.78, 5) is 6.00. The van der Waals surface area contributed by atoms with Crippen LogP contribution in [0.2, 0.25) is 5.02 Å². The highest BCUT2D eigenvalue weighted by Crippen LogP contribution is 2.26. The second-order valence-electron chi connectivity index (χ2n) is 6.53. The molecule has 1 aliphatic rings. The molecule has 1 heterocycles. The summed E-state index contributed by atoms with van der Waals surface area (Å²) in [5.41, 5.74) is 0.447. The lowest BCUT2D eigenvalue weighted by Gasteiger charge is -2.39. The zero-order valence-electron chi connectivity index (χ0n) is 14.8. The van der Waals surface area contributed by atoms with Crippen molar-refractivity contribution in [3.8, 4) is 5.75 Å². The smallest absolute Gasteiger partial charge is 0.387 e. The number of halogens is 3. The zero-order valence-corrected chi connectivity index (χ0v) is 16.4. The molecule has 2 rings (SSSR count). The number of nitrogens with one attached hydrogen (secondary N) is 1. The van der Waals surface area contributed by atoms with E-state index in [1.54, 1.807) is 20.9 Å². The molecule has 6 nitrogen and oxygen atoms in total. The predicted octanol–water partition coefficient (Wildman–Crippen LogP) is 2.53. The number of benzene rings is 1. The van der Waals surface area contributed by atoms with Crippen LogP contribution in [-0.4, -0.2) is 56.5 Å². The van der Waals surface area contributed by atoms with Gasteiger partial charge in [0.05, 0.1) is 10.5 Å².